The molecule has 8 nitrogen and oxygen atoms in total. The maximum atomic E-state index is 13.4. The summed E-state index contributed by atoms with van der Waals surface area (Å²) < 4.78 is 10.5. The van der Waals surface area contributed by atoms with Gasteiger partial charge in [0.15, 0.2) is 5.76 Å². The van der Waals surface area contributed by atoms with E-state index in [0.29, 0.717) is 26.2 Å². The van der Waals surface area contributed by atoms with Crippen LogP contribution in [-0.4, -0.2) is 55.0 Å². The van der Waals surface area contributed by atoms with Crippen LogP contribution in [-0.2, 0) is 14.3 Å². The van der Waals surface area contributed by atoms with Gasteiger partial charge in [0.25, 0.3) is 5.91 Å². The smallest absolute Gasteiger partial charge is 0.287 e. The highest BCUT2D eigenvalue weighted by molar-refractivity contribution is 7.10. The number of amides is 3. The number of carbonyl (C=O) groups excluding carboxylic acids is 3. The van der Waals surface area contributed by atoms with Crippen LogP contribution in [0.1, 0.15) is 66.9 Å². The number of thiophene rings is 1. The van der Waals surface area contributed by atoms with Crippen molar-refractivity contribution in [2.45, 2.75) is 57.5 Å². The largest absolute Gasteiger partial charge is 0.459 e. The quantitative estimate of drug-likeness (QED) is 0.458. The van der Waals surface area contributed by atoms with Crippen molar-refractivity contribution in [1.82, 2.24) is 15.5 Å². The molecule has 1 unspecified atom stereocenters. The molecule has 0 saturated heterocycles. The number of furan rings is 1. The summed E-state index contributed by atoms with van der Waals surface area (Å²) in [6, 6.07) is 6.28. The van der Waals surface area contributed by atoms with E-state index in [1.165, 1.54) is 30.1 Å². The first-order chi connectivity index (χ1) is 16.1. The molecule has 1 atom stereocenters. The average molecular weight is 476 g/mol. The first-order valence-corrected chi connectivity index (χ1v) is 12.5. The van der Waals surface area contributed by atoms with E-state index < -0.39 is 11.9 Å². The third kappa shape index (κ3) is 7.43. The summed E-state index contributed by atoms with van der Waals surface area (Å²) in [6.07, 6.45) is 7.30. The molecule has 33 heavy (non-hydrogen) atoms. The van der Waals surface area contributed by atoms with Crippen molar-refractivity contribution < 1.29 is 23.5 Å². The van der Waals surface area contributed by atoms with Crippen LogP contribution in [0.25, 0.3) is 0 Å². The Labute approximate surface area is 198 Å². The minimum atomic E-state index is -0.749. The summed E-state index contributed by atoms with van der Waals surface area (Å²) in [7, 11) is 0. The molecule has 0 aromatic carbocycles. The second kappa shape index (κ2) is 13.2. The third-order valence-corrected chi connectivity index (χ3v) is 6.61. The van der Waals surface area contributed by atoms with Crippen LogP contribution >= 0.6 is 11.3 Å². The number of ether oxygens (including phenoxy) is 1. The van der Waals surface area contributed by atoms with Gasteiger partial charge in [0, 0.05) is 30.7 Å². The van der Waals surface area contributed by atoms with Gasteiger partial charge in [0.2, 0.25) is 11.8 Å². The minimum absolute atomic E-state index is 0.132. The zero-order valence-corrected chi connectivity index (χ0v) is 19.9. The lowest BCUT2D eigenvalue weighted by atomic mass is 9.95. The molecule has 0 aliphatic heterocycles. The summed E-state index contributed by atoms with van der Waals surface area (Å²) in [4.78, 5) is 41.3. The number of nitrogens with one attached hydrogen (secondary N) is 2. The Hall–Kier alpha value is -2.65. The first kappa shape index (κ1) is 25.0. The van der Waals surface area contributed by atoms with Crippen molar-refractivity contribution >= 4 is 29.1 Å². The van der Waals surface area contributed by atoms with E-state index in [9.17, 15) is 14.4 Å². The lowest BCUT2D eigenvalue weighted by molar-refractivity contribution is -0.140. The number of carbonyl (C=O) groups is 3. The minimum Gasteiger partial charge on any atom is -0.459 e. The van der Waals surface area contributed by atoms with Crippen molar-refractivity contribution in [2.75, 3.05) is 26.3 Å². The van der Waals surface area contributed by atoms with E-state index in [4.69, 9.17) is 9.15 Å². The lowest BCUT2D eigenvalue weighted by Gasteiger charge is -2.32. The molecule has 1 aliphatic rings. The highest BCUT2D eigenvalue weighted by atomic mass is 32.1. The molecule has 2 aromatic rings. The van der Waals surface area contributed by atoms with Gasteiger partial charge in [0.05, 0.1) is 12.8 Å². The molecular weight excluding hydrogens is 442 g/mol. The van der Waals surface area contributed by atoms with E-state index in [2.05, 4.69) is 10.6 Å². The van der Waals surface area contributed by atoms with Crippen LogP contribution in [0.3, 0.4) is 0 Å². The Morgan fingerprint density at radius 3 is 2.70 bits per heavy atom. The predicted octanol–water partition coefficient (Wildman–Crippen LogP) is 3.52. The summed E-state index contributed by atoms with van der Waals surface area (Å²) in [5.74, 6) is -0.840. The summed E-state index contributed by atoms with van der Waals surface area (Å²) >= 11 is 1.44. The topological polar surface area (TPSA) is 101 Å². The Morgan fingerprint density at radius 1 is 1.21 bits per heavy atom. The monoisotopic (exact) mass is 475 g/mol. The molecule has 180 valence electrons. The Kier molecular flexibility index (Phi) is 9.96. The van der Waals surface area contributed by atoms with Crippen LogP contribution in [0, 0.1) is 0 Å². The van der Waals surface area contributed by atoms with Gasteiger partial charge in [-0.05, 0) is 49.8 Å². The summed E-state index contributed by atoms with van der Waals surface area (Å²) in [5.41, 5.74) is 0. The second-order valence-corrected chi connectivity index (χ2v) is 9.04. The second-order valence-electron chi connectivity index (χ2n) is 8.06. The predicted molar refractivity (Wildman–Crippen MR) is 126 cm³/mol. The molecule has 1 saturated carbocycles. The summed E-state index contributed by atoms with van der Waals surface area (Å²) in [5, 5.41) is 7.68. The molecule has 2 heterocycles. The summed E-state index contributed by atoms with van der Waals surface area (Å²) in [6.45, 7) is 3.10. The highest BCUT2D eigenvalue weighted by Crippen LogP contribution is 2.27. The van der Waals surface area contributed by atoms with Gasteiger partial charge >= 0.3 is 0 Å². The van der Waals surface area contributed by atoms with Crippen LogP contribution in [0.5, 0.6) is 0 Å². The zero-order valence-electron chi connectivity index (χ0n) is 19.1. The van der Waals surface area contributed by atoms with Crippen LogP contribution in [0.2, 0.25) is 0 Å². The lowest BCUT2D eigenvalue weighted by Crippen LogP contribution is -2.49. The van der Waals surface area contributed by atoms with E-state index >= 15 is 0 Å². The molecule has 0 spiro atoms. The fraction of sp³-hybridized carbons (Fsp3) is 0.542. The van der Waals surface area contributed by atoms with Crippen molar-refractivity contribution in [3.05, 3.63) is 46.5 Å². The van der Waals surface area contributed by atoms with E-state index in [1.807, 2.05) is 24.4 Å². The highest BCUT2D eigenvalue weighted by Gasteiger charge is 2.33. The van der Waals surface area contributed by atoms with Gasteiger partial charge in [-0.3, -0.25) is 14.4 Å². The zero-order chi connectivity index (χ0) is 23.5. The molecule has 2 aromatic heterocycles. The molecule has 3 rings (SSSR count). The molecule has 2 N–H and O–H groups in total. The first-order valence-electron chi connectivity index (χ1n) is 11.6. The van der Waals surface area contributed by atoms with Gasteiger partial charge in [-0.15, -0.1) is 11.3 Å². The van der Waals surface area contributed by atoms with Gasteiger partial charge in [-0.25, -0.2) is 0 Å². The number of hydrogen-bond donors (Lipinski definition) is 2. The molecule has 1 aliphatic carbocycles. The Bertz CT molecular complexity index is 863. The van der Waals surface area contributed by atoms with Gasteiger partial charge in [0.1, 0.15) is 6.04 Å². The van der Waals surface area contributed by atoms with Gasteiger partial charge in [-0.1, -0.05) is 25.3 Å². The normalized spacial score (nSPS) is 15.1. The number of nitrogens with zero attached hydrogens (tertiary/aromatic N) is 1. The van der Waals surface area contributed by atoms with Crippen molar-refractivity contribution in [3.63, 3.8) is 0 Å². The Morgan fingerprint density at radius 2 is 2.03 bits per heavy atom. The number of hydrogen-bond acceptors (Lipinski definition) is 6. The van der Waals surface area contributed by atoms with Crippen LogP contribution in [0.15, 0.2) is 40.3 Å². The molecule has 0 radical (unpaired) electrons. The Balaban J connectivity index is 1.74. The average Bonchev–Trinajstić information content (AvgIpc) is 3.54. The molecule has 1 fully saturated rings. The maximum absolute atomic E-state index is 13.4. The van der Waals surface area contributed by atoms with Crippen molar-refractivity contribution in [3.8, 4) is 0 Å². The van der Waals surface area contributed by atoms with E-state index in [0.717, 1.165) is 30.6 Å². The van der Waals surface area contributed by atoms with E-state index in [-0.39, 0.29) is 30.2 Å². The van der Waals surface area contributed by atoms with Crippen LogP contribution in [0.4, 0.5) is 0 Å². The van der Waals surface area contributed by atoms with Crippen molar-refractivity contribution in [2.24, 2.45) is 0 Å². The van der Waals surface area contributed by atoms with E-state index in [1.54, 1.807) is 11.0 Å². The maximum Gasteiger partial charge on any atom is 0.287 e. The third-order valence-electron chi connectivity index (χ3n) is 5.68. The number of rotatable bonds is 12. The molecule has 9 heteroatoms. The van der Waals surface area contributed by atoms with Crippen molar-refractivity contribution in [1.29, 1.82) is 0 Å². The fourth-order valence-electron chi connectivity index (χ4n) is 4.03. The standard InChI is InChI=1S/C24H33N3O5S/c1-2-31-14-8-13-27(21(28)17-25-23(29)19-11-6-15-32-19)22(20-12-7-16-33-20)24(30)26-18-9-4-3-5-10-18/h6-7,11-12,15-16,18,22H,2-5,8-10,13-14,17H2,1H3,(H,25,29)(H,26,30). The van der Waals surface area contributed by atoms with Gasteiger partial charge < -0.3 is 24.7 Å². The fourth-order valence-corrected chi connectivity index (χ4v) is 4.86. The van der Waals surface area contributed by atoms with Gasteiger partial charge in [-0.2, -0.15) is 0 Å². The SMILES string of the molecule is CCOCCCN(C(=O)CNC(=O)c1ccco1)C(C(=O)NC1CCCCC1)c1cccs1. The molecular formula is C24H33N3O5S. The van der Waals surface area contributed by atoms with Crippen LogP contribution < -0.4 is 10.6 Å². The molecule has 0 bridgehead atoms. The molecule has 3 amide bonds.